The van der Waals surface area contributed by atoms with Gasteiger partial charge in [-0.15, -0.1) is 11.8 Å². The molecule has 26 heavy (non-hydrogen) atoms. The van der Waals surface area contributed by atoms with Gasteiger partial charge in [0.05, 0.1) is 5.75 Å². The lowest BCUT2D eigenvalue weighted by molar-refractivity contribution is -0.133. The molecule has 2 aromatic rings. The van der Waals surface area contributed by atoms with Crippen LogP contribution in [0.5, 0.6) is 0 Å². The zero-order valence-electron chi connectivity index (χ0n) is 15.2. The Labute approximate surface area is 159 Å². The van der Waals surface area contributed by atoms with Crippen molar-refractivity contribution in [3.05, 3.63) is 42.5 Å². The zero-order valence-corrected chi connectivity index (χ0v) is 16.1. The Kier molecular flexibility index (Phi) is 6.56. The number of likely N-dealkylation sites (tertiary alicyclic amines) is 1. The van der Waals surface area contributed by atoms with Crippen LogP contribution < -0.4 is 5.32 Å². The van der Waals surface area contributed by atoms with Crippen molar-refractivity contribution in [3.8, 4) is 0 Å². The van der Waals surface area contributed by atoms with E-state index in [0.29, 0.717) is 18.8 Å². The Morgan fingerprint density at radius 1 is 1.12 bits per heavy atom. The van der Waals surface area contributed by atoms with Crippen molar-refractivity contribution >= 4 is 34.3 Å². The number of benzene rings is 2. The van der Waals surface area contributed by atoms with E-state index < -0.39 is 0 Å². The van der Waals surface area contributed by atoms with Crippen LogP contribution in [0.4, 0.5) is 0 Å². The Bertz CT molecular complexity index is 769. The highest BCUT2D eigenvalue weighted by molar-refractivity contribution is 8.00. The van der Waals surface area contributed by atoms with Crippen molar-refractivity contribution in [1.29, 1.82) is 0 Å². The molecule has 0 bridgehead atoms. The number of fused-ring (bicyclic) bond motifs is 1. The normalized spacial score (nSPS) is 15.2. The SMILES string of the molecule is CCCNC(=O)C1CCN(C(=O)CSc2ccc3ccccc3c2)CC1. The number of rotatable bonds is 6. The van der Waals surface area contributed by atoms with Crippen molar-refractivity contribution in [1.82, 2.24) is 10.2 Å². The lowest BCUT2D eigenvalue weighted by Crippen LogP contribution is -2.43. The maximum Gasteiger partial charge on any atom is 0.232 e. The fraction of sp³-hybridized carbons (Fsp3) is 0.429. The molecule has 0 unspecified atom stereocenters. The molecule has 2 amide bonds. The fourth-order valence-corrected chi connectivity index (χ4v) is 4.12. The van der Waals surface area contributed by atoms with Gasteiger partial charge < -0.3 is 10.2 Å². The summed E-state index contributed by atoms with van der Waals surface area (Å²) in [4.78, 5) is 27.5. The Hall–Kier alpha value is -2.01. The number of carbonyl (C=O) groups is 2. The van der Waals surface area contributed by atoms with Gasteiger partial charge in [0.15, 0.2) is 0 Å². The second kappa shape index (κ2) is 9.08. The third-order valence-electron chi connectivity index (χ3n) is 4.85. The van der Waals surface area contributed by atoms with E-state index >= 15 is 0 Å². The number of thioether (sulfide) groups is 1. The van der Waals surface area contributed by atoms with Crippen molar-refractivity contribution in [2.75, 3.05) is 25.4 Å². The van der Waals surface area contributed by atoms with Gasteiger partial charge in [0.25, 0.3) is 0 Å². The third kappa shape index (κ3) is 4.79. The summed E-state index contributed by atoms with van der Waals surface area (Å²) in [6.07, 6.45) is 2.49. The number of carbonyl (C=O) groups excluding carboxylic acids is 2. The molecule has 1 aliphatic heterocycles. The van der Waals surface area contributed by atoms with Crippen LogP contribution >= 0.6 is 11.8 Å². The summed E-state index contributed by atoms with van der Waals surface area (Å²) in [6.45, 7) is 4.15. The molecule has 1 heterocycles. The topological polar surface area (TPSA) is 49.4 Å². The number of hydrogen-bond acceptors (Lipinski definition) is 3. The van der Waals surface area contributed by atoms with Crippen LogP contribution in [0.15, 0.2) is 47.4 Å². The molecule has 5 heteroatoms. The number of nitrogens with one attached hydrogen (secondary N) is 1. The van der Waals surface area contributed by atoms with Crippen molar-refractivity contribution < 1.29 is 9.59 Å². The van der Waals surface area contributed by atoms with E-state index in [-0.39, 0.29) is 17.7 Å². The Morgan fingerprint density at radius 3 is 2.58 bits per heavy atom. The molecule has 2 aromatic carbocycles. The molecule has 1 saturated heterocycles. The van der Waals surface area contributed by atoms with Gasteiger partial charge in [0.1, 0.15) is 0 Å². The first kappa shape index (κ1) is 18.8. The Balaban J connectivity index is 1.47. The molecule has 1 aliphatic rings. The smallest absolute Gasteiger partial charge is 0.232 e. The molecule has 1 N–H and O–H groups in total. The predicted molar refractivity (Wildman–Crippen MR) is 107 cm³/mol. The van der Waals surface area contributed by atoms with Crippen LogP contribution in [0.1, 0.15) is 26.2 Å². The van der Waals surface area contributed by atoms with Crippen LogP contribution in [-0.2, 0) is 9.59 Å². The minimum atomic E-state index is 0.0544. The minimum absolute atomic E-state index is 0.0544. The monoisotopic (exact) mass is 370 g/mol. The highest BCUT2D eigenvalue weighted by Crippen LogP contribution is 2.25. The van der Waals surface area contributed by atoms with Gasteiger partial charge >= 0.3 is 0 Å². The third-order valence-corrected chi connectivity index (χ3v) is 5.83. The number of amides is 2. The molecule has 1 fully saturated rings. The summed E-state index contributed by atoms with van der Waals surface area (Å²) < 4.78 is 0. The van der Waals surface area contributed by atoms with Crippen LogP contribution in [0, 0.1) is 5.92 Å². The molecule has 138 valence electrons. The number of nitrogens with zero attached hydrogens (tertiary/aromatic N) is 1. The standard InChI is InChI=1S/C21H26N2O2S/c1-2-11-22-21(25)17-9-12-23(13-10-17)20(24)15-26-19-8-7-16-5-3-4-6-18(16)14-19/h3-8,14,17H,2,9-13,15H2,1H3,(H,22,25). The lowest BCUT2D eigenvalue weighted by atomic mass is 9.96. The highest BCUT2D eigenvalue weighted by atomic mass is 32.2. The fourth-order valence-electron chi connectivity index (χ4n) is 3.28. The van der Waals surface area contributed by atoms with E-state index in [1.165, 1.54) is 10.8 Å². The van der Waals surface area contributed by atoms with Crippen LogP contribution in [-0.4, -0.2) is 42.1 Å². The summed E-state index contributed by atoms with van der Waals surface area (Å²) in [6, 6.07) is 14.6. The average molecular weight is 371 g/mol. The molecule has 3 rings (SSSR count). The quantitative estimate of drug-likeness (QED) is 0.789. The van der Waals surface area contributed by atoms with Crippen LogP contribution in [0.2, 0.25) is 0 Å². The van der Waals surface area contributed by atoms with E-state index in [1.54, 1.807) is 11.8 Å². The summed E-state index contributed by atoms with van der Waals surface area (Å²) in [5, 5.41) is 5.37. The van der Waals surface area contributed by atoms with E-state index in [2.05, 4.69) is 42.6 Å². The molecule has 4 nitrogen and oxygen atoms in total. The van der Waals surface area contributed by atoms with Gasteiger partial charge in [-0.2, -0.15) is 0 Å². The second-order valence-electron chi connectivity index (χ2n) is 6.74. The molecular formula is C21H26N2O2S. The first-order valence-corrected chi connectivity index (χ1v) is 10.3. The van der Waals surface area contributed by atoms with E-state index in [0.717, 1.165) is 30.7 Å². The summed E-state index contributed by atoms with van der Waals surface area (Å²) >= 11 is 1.58. The minimum Gasteiger partial charge on any atom is -0.356 e. The van der Waals surface area contributed by atoms with Gasteiger partial charge in [-0.1, -0.05) is 37.3 Å². The molecule has 0 spiro atoms. The summed E-state index contributed by atoms with van der Waals surface area (Å²) in [5.74, 6) is 0.809. The van der Waals surface area contributed by atoms with Crippen LogP contribution in [0.25, 0.3) is 10.8 Å². The maximum absolute atomic E-state index is 12.5. The second-order valence-corrected chi connectivity index (χ2v) is 7.79. The number of hydrogen-bond donors (Lipinski definition) is 1. The first-order valence-electron chi connectivity index (χ1n) is 9.34. The van der Waals surface area contributed by atoms with Crippen molar-refractivity contribution in [3.63, 3.8) is 0 Å². The van der Waals surface area contributed by atoms with E-state index in [1.807, 2.05) is 17.0 Å². The molecular weight excluding hydrogens is 344 g/mol. The van der Waals surface area contributed by atoms with Crippen LogP contribution in [0.3, 0.4) is 0 Å². The van der Waals surface area contributed by atoms with Gasteiger partial charge in [0.2, 0.25) is 11.8 Å². The molecule has 0 atom stereocenters. The van der Waals surface area contributed by atoms with E-state index in [9.17, 15) is 9.59 Å². The Morgan fingerprint density at radius 2 is 1.85 bits per heavy atom. The number of piperidine rings is 1. The maximum atomic E-state index is 12.5. The van der Waals surface area contributed by atoms with Gasteiger partial charge in [-0.05, 0) is 42.2 Å². The molecule has 0 saturated carbocycles. The average Bonchev–Trinajstić information content (AvgIpc) is 2.70. The van der Waals surface area contributed by atoms with Gasteiger partial charge in [0, 0.05) is 30.4 Å². The summed E-state index contributed by atoms with van der Waals surface area (Å²) in [7, 11) is 0. The molecule has 0 aliphatic carbocycles. The largest absolute Gasteiger partial charge is 0.356 e. The zero-order chi connectivity index (χ0) is 18.4. The van der Waals surface area contributed by atoms with Crippen molar-refractivity contribution in [2.45, 2.75) is 31.1 Å². The van der Waals surface area contributed by atoms with Gasteiger partial charge in [-0.3, -0.25) is 9.59 Å². The molecule has 0 aromatic heterocycles. The predicted octanol–water partition coefficient (Wildman–Crippen LogP) is 3.70. The first-order chi connectivity index (χ1) is 12.7. The highest BCUT2D eigenvalue weighted by Gasteiger charge is 2.26. The van der Waals surface area contributed by atoms with Crippen molar-refractivity contribution in [2.24, 2.45) is 5.92 Å². The summed E-state index contributed by atoms with van der Waals surface area (Å²) in [5.41, 5.74) is 0. The molecule has 0 radical (unpaired) electrons. The van der Waals surface area contributed by atoms with Gasteiger partial charge in [-0.25, -0.2) is 0 Å². The van der Waals surface area contributed by atoms with E-state index in [4.69, 9.17) is 0 Å². The lowest BCUT2D eigenvalue weighted by Gasteiger charge is -2.31.